The van der Waals surface area contributed by atoms with Gasteiger partial charge in [0.15, 0.2) is 5.13 Å². The Balaban J connectivity index is 1.49. The molecule has 2 aromatic heterocycles. The molecular formula is C21H28N6O2S. The first kappa shape index (κ1) is 20.7. The standard InChI is InChI=1S/C21H28N6O2S/c1-13-12-22-21(30-13)25-19-11-17(23-14(2)24-19)18-5-4-8-27(18)20(29)16-6-9-26(10-7-16)15(3)28/h11-12,16,18H,4-10H2,1-3H3,(H,22,23,24,25)/t18-/m0/s1. The van der Waals surface area contributed by atoms with Gasteiger partial charge in [-0.3, -0.25) is 9.59 Å². The number of carbonyl (C=O) groups excluding carboxylic acids is 2. The quantitative estimate of drug-likeness (QED) is 0.804. The Labute approximate surface area is 180 Å². The van der Waals surface area contributed by atoms with Crippen molar-refractivity contribution in [2.24, 2.45) is 5.92 Å². The van der Waals surface area contributed by atoms with Crippen LogP contribution in [-0.2, 0) is 9.59 Å². The second kappa shape index (κ2) is 8.67. The summed E-state index contributed by atoms with van der Waals surface area (Å²) in [6, 6.07) is 1.92. The molecule has 0 spiro atoms. The molecule has 4 heterocycles. The number of piperidine rings is 1. The summed E-state index contributed by atoms with van der Waals surface area (Å²) in [6.07, 6.45) is 5.18. The molecule has 0 aliphatic carbocycles. The van der Waals surface area contributed by atoms with Crippen molar-refractivity contribution in [3.05, 3.63) is 28.7 Å². The molecule has 0 radical (unpaired) electrons. The van der Waals surface area contributed by atoms with Gasteiger partial charge in [-0.15, -0.1) is 11.3 Å². The third-order valence-electron chi connectivity index (χ3n) is 5.88. The number of thiazole rings is 1. The van der Waals surface area contributed by atoms with E-state index in [1.165, 1.54) is 0 Å². The number of aromatic nitrogens is 3. The number of carbonyl (C=O) groups is 2. The smallest absolute Gasteiger partial charge is 0.226 e. The van der Waals surface area contributed by atoms with Crippen LogP contribution in [0.25, 0.3) is 0 Å². The fraction of sp³-hybridized carbons (Fsp3) is 0.571. The number of amides is 2. The van der Waals surface area contributed by atoms with Crippen LogP contribution in [0.15, 0.2) is 12.3 Å². The highest BCUT2D eigenvalue weighted by Crippen LogP contribution is 2.35. The maximum absolute atomic E-state index is 13.3. The second-order valence-electron chi connectivity index (χ2n) is 8.10. The minimum Gasteiger partial charge on any atom is -0.343 e. The molecule has 0 aromatic carbocycles. The third kappa shape index (κ3) is 4.45. The zero-order chi connectivity index (χ0) is 21.3. The molecule has 8 nitrogen and oxygen atoms in total. The van der Waals surface area contributed by atoms with E-state index in [0.29, 0.717) is 24.7 Å². The van der Waals surface area contributed by atoms with E-state index in [1.807, 2.05) is 35.9 Å². The summed E-state index contributed by atoms with van der Waals surface area (Å²) in [7, 11) is 0. The molecule has 4 rings (SSSR count). The summed E-state index contributed by atoms with van der Waals surface area (Å²) in [5.74, 6) is 1.66. The monoisotopic (exact) mass is 428 g/mol. The summed E-state index contributed by atoms with van der Waals surface area (Å²) in [6.45, 7) is 7.57. The number of likely N-dealkylation sites (tertiary alicyclic amines) is 2. The number of hydrogen-bond donors (Lipinski definition) is 1. The van der Waals surface area contributed by atoms with Gasteiger partial charge in [0.05, 0.1) is 11.7 Å². The first-order valence-corrected chi connectivity index (χ1v) is 11.3. The number of aryl methyl sites for hydroxylation is 2. The summed E-state index contributed by atoms with van der Waals surface area (Å²) in [5, 5.41) is 4.07. The minimum atomic E-state index is -0.0244. The molecule has 2 saturated heterocycles. The minimum absolute atomic E-state index is 0.0139. The van der Waals surface area contributed by atoms with Gasteiger partial charge in [0.1, 0.15) is 11.6 Å². The van der Waals surface area contributed by atoms with Gasteiger partial charge in [0.25, 0.3) is 0 Å². The Morgan fingerprint density at radius 3 is 2.57 bits per heavy atom. The van der Waals surface area contributed by atoms with E-state index in [0.717, 1.165) is 47.9 Å². The lowest BCUT2D eigenvalue weighted by atomic mass is 9.94. The SMILES string of the molecule is CC(=O)N1CCC(C(=O)N2CCC[C@H]2c2cc(Nc3ncc(C)s3)nc(C)n2)CC1. The van der Waals surface area contributed by atoms with Crippen molar-refractivity contribution in [2.45, 2.75) is 52.5 Å². The first-order valence-electron chi connectivity index (χ1n) is 10.5. The van der Waals surface area contributed by atoms with Crippen molar-refractivity contribution in [3.8, 4) is 0 Å². The molecule has 30 heavy (non-hydrogen) atoms. The number of hydrogen-bond acceptors (Lipinski definition) is 7. The van der Waals surface area contributed by atoms with Crippen LogP contribution in [-0.4, -0.2) is 56.2 Å². The topological polar surface area (TPSA) is 91.3 Å². The van der Waals surface area contributed by atoms with Crippen molar-refractivity contribution in [3.63, 3.8) is 0 Å². The molecule has 9 heteroatoms. The molecule has 1 atom stereocenters. The molecule has 2 aliphatic rings. The fourth-order valence-electron chi connectivity index (χ4n) is 4.36. The van der Waals surface area contributed by atoms with E-state index in [4.69, 9.17) is 0 Å². The molecule has 2 fully saturated rings. The molecule has 1 N–H and O–H groups in total. The highest BCUT2D eigenvalue weighted by atomic mass is 32.1. The van der Waals surface area contributed by atoms with Crippen molar-refractivity contribution in [1.29, 1.82) is 0 Å². The van der Waals surface area contributed by atoms with Crippen LogP contribution in [0.2, 0.25) is 0 Å². The van der Waals surface area contributed by atoms with E-state index in [-0.39, 0.29) is 23.8 Å². The Kier molecular flexibility index (Phi) is 5.99. The van der Waals surface area contributed by atoms with Crippen LogP contribution in [0.3, 0.4) is 0 Å². The molecule has 0 bridgehead atoms. The maximum atomic E-state index is 13.3. The third-order valence-corrected chi connectivity index (χ3v) is 6.71. The molecular weight excluding hydrogens is 400 g/mol. The normalized spacial score (nSPS) is 19.9. The van der Waals surface area contributed by atoms with E-state index < -0.39 is 0 Å². The number of anilines is 2. The highest BCUT2D eigenvalue weighted by molar-refractivity contribution is 7.15. The number of nitrogens with zero attached hydrogens (tertiary/aromatic N) is 5. The van der Waals surface area contributed by atoms with Crippen molar-refractivity contribution in [2.75, 3.05) is 25.0 Å². The van der Waals surface area contributed by atoms with Gasteiger partial charge < -0.3 is 15.1 Å². The predicted octanol–water partition coefficient (Wildman–Crippen LogP) is 3.22. The van der Waals surface area contributed by atoms with Crippen LogP contribution in [0.4, 0.5) is 10.9 Å². The Morgan fingerprint density at radius 1 is 1.13 bits per heavy atom. The number of rotatable bonds is 4. The molecule has 0 saturated carbocycles. The van der Waals surface area contributed by atoms with E-state index in [2.05, 4.69) is 20.3 Å². The van der Waals surface area contributed by atoms with Crippen molar-refractivity contribution < 1.29 is 9.59 Å². The Bertz CT molecular complexity index is 937. The van der Waals surface area contributed by atoms with Crippen LogP contribution >= 0.6 is 11.3 Å². The summed E-state index contributed by atoms with van der Waals surface area (Å²) in [4.78, 5) is 43.3. The lowest BCUT2D eigenvalue weighted by Crippen LogP contribution is -2.43. The molecule has 2 amide bonds. The summed E-state index contributed by atoms with van der Waals surface area (Å²) >= 11 is 1.58. The lowest BCUT2D eigenvalue weighted by Gasteiger charge is -2.34. The van der Waals surface area contributed by atoms with E-state index >= 15 is 0 Å². The van der Waals surface area contributed by atoms with Gasteiger partial charge in [-0.25, -0.2) is 15.0 Å². The highest BCUT2D eigenvalue weighted by Gasteiger charge is 2.36. The maximum Gasteiger partial charge on any atom is 0.226 e. The van der Waals surface area contributed by atoms with Gasteiger partial charge in [-0.2, -0.15) is 0 Å². The van der Waals surface area contributed by atoms with Crippen molar-refractivity contribution >= 4 is 34.1 Å². The summed E-state index contributed by atoms with van der Waals surface area (Å²) in [5.41, 5.74) is 0.880. The van der Waals surface area contributed by atoms with Crippen LogP contribution in [0.1, 0.15) is 55.0 Å². The zero-order valence-electron chi connectivity index (χ0n) is 17.7. The van der Waals surface area contributed by atoms with Crippen LogP contribution in [0.5, 0.6) is 0 Å². The predicted molar refractivity (Wildman–Crippen MR) is 116 cm³/mol. The zero-order valence-corrected chi connectivity index (χ0v) is 18.5. The van der Waals surface area contributed by atoms with Gasteiger partial charge in [-0.05, 0) is 39.5 Å². The number of nitrogens with one attached hydrogen (secondary N) is 1. The Hall–Kier alpha value is -2.55. The Morgan fingerprint density at radius 2 is 1.90 bits per heavy atom. The van der Waals surface area contributed by atoms with Gasteiger partial charge >= 0.3 is 0 Å². The molecule has 2 aromatic rings. The fourth-order valence-corrected chi connectivity index (χ4v) is 5.03. The average Bonchev–Trinajstić information content (AvgIpc) is 3.36. The van der Waals surface area contributed by atoms with E-state index in [1.54, 1.807) is 18.3 Å². The molecule has 0 unspecified atom stereocenters. The van der Waals surface area contributed by atoms with Crippen molar-refractivity contribution in [1.82, 2.24) is 24.8 Å². The lowest BCUT2D eigenvalue weighted by molar-refractivity contribution is -0.140. The van der Waals surface area contributed by atoms with Crippen LogP contribution < -0.4 is 5.32 Å². The summed E-state index contributed by atoms with van der Waals surface area (Å²) < 4.78 is 0. The second-order valence-corrected chi connectivity index (χ2v) is 9.33. The largest absolute Gasteiger partial charge is 0.343 e. The molecule has 160 valence electrons. The van der Waals surface area contributed by atoms with Gasteiger partial charge in [0.2, 0.25) is 11.8 Å². The molecule has 2 aliphatic heterocycles. The van der Waals surface area contributed by atoms with Crippen LogP contribution in [0, 0.1) is 19.8 Å². The van der Waals surface area contributed by atoms with Gasteiger partial charge in [0, 0.05) is 49.6 Å². The first-order chi connectivity index (χ1) is 14.4. The van der Waals surface area contributed by atoms with E-state index in [9.17, 15) is 9.59 Å². The van der Waals surface area contributed by atoms with Gasteiger partial charge in [-0.1, -0.05) is 0 Å². The average molecular weight is 429 g/mol.